The van der Waals surface area contributed by atoms with Gasteiger partial charge < -0.3 is 5.32 Å². The van der Waals surface area contributed by atoms with Crippen LogP contribution in [0.2, 0.25) is 5.15 Å². The third-order valence-corrected chi connectivity index (χ3v) is 3.01. The van der Waals surface area contributed by atoms with Crippen LogP contribution in [0.1, 0.15) is 5.56 Å². The van der Waals surface area contributed by atoms with Crippen molar-refractivity contribution in [2.45, 2.75) is 6.54 Å². The molecule has 2 rings (SSSR count). The summed E-state index contributed by atoms with van der Waals surface area (Å²) in [5.41, 5.74) is 1.24. The van der Waals surface area contributed by atoms with Crippen LogP contribution in [0.15, 0.2) is 34.9 Å². The Hall–Kier alpha value is -1.20. The summed E-state index contributed by atoms with van der Waals surface area (Å²) in [5.74, 6) is -1.73. The van der Waals surface area contributed by atoms with Gasteiger partial charge in [-0.3, -0.25) is 0 Å². The second kappa shape index (κ2) is 5.63. The molecule has 6 heteroatoms. The van der Waals surface area contributed by atoms with E-state index < -0.39 is 11.6 Å². The van der Waals surface area contributed by atoms with Gasteiger partial charge in [0, 0.05) is 17.2 Å². The van der Waals surface area contributed by atoms with Crippen LogP contribution in [0.3, 0.4) is 0 Å². The molecule has 0 aliphatic heterocycles. The van der Waals surface area contributed by atoms with E-state index in [-0.39, 0.29) is 0 Å². The summed E-state index contributed by atoms with van der Waals surface area (Å²) in [6, 6.07) is 5.49. The number of nitrogens with zero attached hydrogens (tertiary/aromatic N) is 1. The summed E-state index contributed by atoms with van der Waals surface area (Å²) in [5, 5.41) is 3.32. The molecule has 1 heterocycles. The molecule has 0 spiro atoms. The molecule has 0 radical (unpaired) electrons. The summed E-state index contributed by atoms with van der Waals surface area (Å²) in [4.78, 5) is 3.94. The zero-order chi connectivity index (χ0) is 13.1. The van der Waals surface area contributed by atoms with E-state index in [0.717, 1.165) is 16.6 Å². The molecule has 1 aromatic heterocycles. The predicted octanol–water partition coefficient (Wildman–Crippen LogP) is 4.39. The van der Waals surface area contributed by atoms with E-state index in [1.165, 1.54) is 6.07 Å². The smallest absolute Gasteiger partial charge is 0.159 e. The van der Waals surface area contributed by atoms with Crippen molar-refractivity contribution in [1.82, 2.24) is 4.98 Å². The molecule has 0 aliphatic rings. The lowest BCUT2D eigenvalue weighted by Crippen LogP contribution is -2.01. The van der Waals surface area contributed by atoms with Gasteiger partial charge in [0.1, 0.15) is 0 Å². The lowest BCUT2D eigenvalue weighted by molar-refractivity contribution is 0.507. The standard InChI is InChI=1S/C12H8BrClF2N2/c13-8-4-11(12(14)18-6-8)17-5-7-1-2-9(15)10(16)3-7/h1-4,6,17H,5H2. The minimum atomic E-state index is -0.868. The van der Waals surface area contributed by atoms with Crippen LogP contribution in [-0.4, -0.2) is 4.98 Å². The normalized spacial score (nSPS) is 10.4. The van der Waals surface area contributed by atoms with Gasteiger partial charge in [-0.05, 0) is 39.7 Å². The monoisotopic (exact) mass is 332 g/mol. The first-order valence-corrected chi connectivity index (χ1v) is 6.22. The Morgan fingerprint density at radius 3 is 2.72 bits per heavy atom. The van der Waals surface area contributed by atoms with E-state index in [1.54, 1.807) is 12.3 Å². The zero-order valence-electron chi connectivity index (χ0n) is 9.05. The fourth-order valence-electron chi connectivity index (χ4n) is 1.39. The number of pyridine rings is 1. The molecular weight excluding hydrogens is 325 g/mol. The van der Waals surface area contributed by atoms with E-state index in [9.17, 15) is 8.78 Å². The molecule has 0 saturated heterocycles. The molecule has 1 aromatic carbocycles. The minimum absolute atomic E-state index is 0.320. The molecule has 18 heavy (non-hydrogen) atoms. The number of aromatic nitrogens is 1. The SMILES string of the molecule is Fc1ccc(CNc2cc(Br)cnc2Cl)cc1F. The largest absolute Gasteiger partial charge is 0.378 e. The first-order valence-electron chi connectivity index (χ1n) is 5.05. The molecule has 1 N–H and O–H groups in total. The number of anilines is 1. The summed E-state index contributed by atoms with van der Waals surface area (Å²) < 4.78 is 26.5. The van der Waals surface area contributed by atoms with Gasteiger partial charge in [0.2, 0.25) is 0 Å². The summed E-state index contributed by atoms with van der Waals surface area (Å²) in [6.07, 6.45) is 1.57. The van der Waals surface area contributed by atoms with E-state index in [0.29, 0.717) is 22.9 Å². The highest BCUT2D eigenvalue weighted by atomic mass is 79.9. The van der Waals surface area contributed by atoms with Gasteiger partial charge in [0.25, 0.3) is 0 Å². The molecular formula is C12H8BrClF2N2. The highest BCUT2D eigenvalue weighted by molar-refractivity contribution is 9.10. The van der Waals surface area contributed by atoms with Crippen molar-refractivity contribution in [3.63, 3.8) is 0 Å². The van der Waals surface area contributed by atoms with Gasteiger partial charge in [-0.2, -0.15) is 0 Å². The molecule has 0 saturated carbocycles. The topological polar surface area (TPSA) is 24.9 Å². The fraction of sp³-hybridized carbons (Fsp3) is 0.0833. The predicted molar refractivity (Wildman–Crippen MR) is 70.6 cm³/mol. The molecule has 0 fully saturated rings. The molecule has 0 atom stereocenters. The lowest BCUT2D eigenvalue weighted by Gasteiger charge is -2.08. The molecule has 2 nitrogen and oxygen atoms in total. The van der Waals surface area contributed by atoms with Crippen LogP contribution in [0.4, 0.5) is 14.5 Å². The lowest BCUT2D eigenvalue weighted by atomic mass is 10.2. The molecule has 0 unspecified atom stereocenters. The van der Waals surface area contributed by atoms with Crippen molar-refractivity contribution < 1.29 is 8.78 Å². The number of halogens is 4. The van der Waals surface area contributed by atoms with E-state index in [2.05, 4.69) is 26.2 Å². The van der Waals surface area contributed by atoms with E-state index in [4.69, 9.17) is 11.6 Å². The zero-order valence-corrected chi connectivity index (χ0v) is 11.4. The third kappa shape index (κ3) is 3.17. The Kier molecular flexibility index (Phi) is 4.14. The van der Waals surface area contributed by atoms with Crippen molar-refractivity contribution in [3.05, 3.63) is 57.3 Å². The second-order valence-corrected chi connectivity index (χ2v) is 4.87. The van der Waals surface area contributed by atoms with Crippen molar-refractivity contribution in [1.29, 1.82) is 0 Å². The van der Waals surface area contributed by atoms with Gasteiger partial charge in [-0.1, -0.05) is 17.7 Å². The van der Waals surface area contributed by atoms with Gasteiger partial charge in [-0.25, -0.2) is 13.8 Å². The van der Waals surface area contributed by atoms with Crippen molar-refractivity contribution in [3.8, 4) is 0 Å². The third-order valence-electron chi connectivity index (χ3n) is 2.27. The van der Waals surface area contributed by atoms with Gasteiger partial charge >= 0.3 is 0 Å². The number of nitrogens with one attached hydrogen (secondary N) is 1. The molecule has 0 amide bonds. The second-order valence-electron chi connectivity index (χ2n) is 3.59. The van der Waals surface area contributed by atoms with Crippen LogP contribution in [0.25, 0.3) is 0 Å². The average Bonchev–Trinajstić information content (AvgIpc) is 2.34. The quantitative estimate of drug-likeness (QED) is 0.843. The van der Waals surface area contributed by atoms with Crippen LogP contribution in [0.5, 0.6) is 0 Å². The highest BCUT2D eigenvalue weighted by Gasteiger charge is 2.05. The van der Waals surface area contributed by atoms with Crippen LogP contribution in [-0.2, 0) is 6.54 Å². The van der Waals surface area contributed by atoms with Crippen LogP contribution >= 0.6 is 27.5 Å². The van der Waals surface area contributed by atoms with Crippen LogP contribution in [0, 0.1) is 11.6 Å². The van der Waals surface area contributed by atoms with Gasteiger partial charge in [0.05, 0.1) is 5.69 Å². The maximum Gasteiger partial charge on any atom is 0.159 e. The Balaban J connectivity index is 2.11. The highest BCUT2D eigenvalue weighted by Crippen LogP contribution is 2.23. The summed E-state index contributed by atoms with van der Waals surface area (Å²) in [6.45, 7) is 0.328. The van der Waals surface area contributed by atoms with Gasteiger partial charge in [0.15, 0.2) is 16.8 Å². The molecule has 0 bridgehead atoms. The summed E-state index contributed by atoms with van der Waals surface area (Å²) >= 11 is 9.16. The average molecular weight is 334 g/mol. The van der Waals surface area contributed by atoms with Crippen molar-refractivity contribution in [2.75, 3.05) is 5.32 Å². The summed E-state index contributed by atoms with van der Waals surface area (Å²) in [7, 11) is 0. The maximum atomic E-state index is 13.0. The van der Waals surface area contributed by atoms with Crippen LogP contribution < -0.4 is 5.32 Å². The Labute approximate surface area is 116 Å². The first-order chi connectivity index (χ1) is 8.56. The van der Waals surface area contributed by atoms with Crippen molar-refractivity contribution >= 4 is 33.2 Å². The van der Waals surface area contributed by atoms with E-state index >= 15 is 0 Å². The van der Waals surface area contributed by atoms with Crippen molar-refractivity contribution in [2.24, 2.45) is 0 Å². The maximum absolute atomic E-state index is 13.0. The number of benzene rings is 1. The Morgan fingerprint density at radius 1 is 1.22 bits per heavy atom. The number of hydrogen-bond acceptors (Lipinski definition) is 2. The van der Waals surface area contributed by atoms with Gasteiger partial charge in [-0.15, -0.1) is 0 Å². The Bertz CT molecular complexity index is 578. The molecule has 94 valence electrons. The number of rotatable bonds is 3. The first kappa shape index (κ1) is 13.2. The van der Waals surface area contributed by atoms with E-state index in [1.807, 2.05) is 0 Å². The molecule has 0 aliphatic carbocycles. The number of hydrogen-bond donors (Lipinski definition) is 1. The minimum Gasteiger partial charge on any atom is -0.378 e. The fourth-order valence-corrected chi connectivity index (χ4v) is 1.89. The molecule has 2 aromatic rings. The Morgan fingerprint density at radius 2 is 2.00 bits per heavy atom.